The summed E-state index contributed by atoms with van der Waals surface area (Å²) < 4.78 is 41.0. The minimum Gasteiger partial charge on any atom is -0.406 e. The fraction of sp³-hybridized carbons (Fsp3) is 0.500. The van der Waals surface area contributed by atoms with Gasteiger partial charge in [-0.15, -0.1) is 13.2 Å². The molecule has 7 nitrogen and oxygen atoms in total. The Morgan fingerprint density at radius 3 is 2.59 bits per heavy atom. The van der Waals surface area contributed by atoms with Gasteiger partial charge in [-0.05, 0) is 56.7 Å². The minimum atomic E-state index is -4.79. The monoisotopic (exact) mass is 451 g/mol. The fourth-order valence-corrected chi connectivity index (χ4v) is 3.82. The number of benzene rings is 1. The second kappa shape index (κ2) is 10.1. The molecule has 1 aliphatic rings. The van der Waals surface area contributed by atoms with Gasteiger partial charge in [0.05, 0.1) is 0 Å². The molecule has 10 heteroatoms. The van der Waals surface area contributed by atoms with Crippen LogP contribution in [0.1, 0.15) is 41.6 Å². The number of ether oxygens (including phenoxy) is 1. The molecule has 2 N–H and O–H groups in total. The summed E-state index contributed by atoms with van der Waals surface area (Å²) in [5, 5.41) is 6.22. The smallest absolute Gasteiger partial charge is 0.406 e. The third-order valence-corrected chi connectivity index (χ3v) is 5.43. The van der Waals surface area contributed by atoms with Gasteiger partial charge in [0.1, 0.15) is 11.6 Å². The maximum atomic E-state index is 12.4. The molecular formula is C22H28F3N5O2. The summed E-state index contributed by atoms with van der Waals surface area (Å²) in [6.45, 7) is 2.44. The first-order valence-electron chi connectivity index (χ1n) is 10.5. The Kier molecular flexibility index (Phi) is 7.42. The molecule has 1 aliphatic carbocycles. The van der Waals surface area contributed by atoms with E-state index in [9.17, 15) is 18.0 Å². The van der Waals surface area contributed by atoms with Gasteiger partial charge in [-0.2, -0.15) is 4.98 Å². The molecule has 0 radical (unpaired) electrons. The number of carbonyl (C=O) groups excluding carboxylic acids is 1. The molecule has 1 saturated carbocycles. The highest BCUT2D eigenvalue weighted by Crippen LogP contribution is 2.27. The molecule has 0 spiro atoms. The number of aryl methyl sites for hydroxylation is 1. The van der Waals surface area contributed by atoms with Crippen LogP contribution in [-0.4, -0.2) is 48.9 Å². The lowest BCUT2D eigenvalue weighted by molar-refractivity contribution is -0.274. The summed E-state index contributed by atoms with van der Waals surface area (Å²) in [5.41, 5.74) is 1.14. The number of nitrogens with one attached hydrogen (secondary N) is 2. The Balaban J connectivity index is 1.46. The van der Waals surface area contributed by atoms with E-state index in [0.29, 0.717) is 18.4 Å². The Morgan fingerprint density at radius 1 is 1.22 bits per heavy atom. The second-order valence-electron chi connectivity index (χ2n) is 8.24. The van der Waals surface area contributed by atoms with E-state index < -0.39 is 18.0 Å². The normalized spacial score (nSPS) is 18.7. The maximum absolute atomic E-state index is 12.4. The third-order valence-electron chi connectivity index (χ3n) is 5.43. The van der Waals surface area contributed by atoms with Crippen molar-refractivity contribution in [3.05, 3.63) is 41.6 Å². The Morgan fingerprint density at radius 2 is 1.94 bits per heavy atom. The number of hydrogen-bond acceptors (Lipinski definition) is 6. The van der Waals surface area contributed by atoms with Crippen molar-refractivity contribution in [3.8, 4) is 5.75 Å². The van der Waals surface area contributed by atoms with Gasteiger partial charge in [0.2, 0.25) is 5.95 Å². The molecule has 1 aromatic carbocycles. The van der Waals surface area contributed by atoms with Crippen LogP contribution in [0.15, 0.2) is 30.5 Å². The van der Waals surface area contributed by atoms with Gasteiger partial charge in [-0.25, -0.2) is 4.98 Å². The second-order valence-corrected chi connectivity index (χ2v) is 8.24. The molecule has 32 heavy (non-hydrogen) atoms. The molecule has 0 bridgehead atoms. The third kappa shape index (κ3) is 6.73. The van der Waals surface area contributed by atoms with E-state index in [4.69, 9.17) is 0 Å². The highest BCUT2D eigenvalue weighted by Gasteiger charge is 2.31. The number of halogens is 3. The summed E-state index contributed by atoms with van der Waals surface area (Å²) in [4.78, 5) is 23.2. The van der Waals surface area contributed by atoms with E-state index >= 15 is 0 Å². The lowest BCUT2D eigenvalue weighted by Crippen LogP contribution is -2.34. The summed E-state index contributed by atoms with van der Waals surface area (Å²) in [6, 6.07) is 5.34. The van der Waals surface area contributed by atoms with Crippen molar-refractivity contribution in [2.45, 2.75) is 45.0 Å². The van der Waals surface area contributed by atoms with E-state index in [1.165, 1.54) is 12.1 Å². The molecule has 0 aliphatic heterocycles. The molecule has 174 valence electrons. The predicted octanol–water partition coefficient (Wildman–Crippen LogP) is 4.15. The first kappa shape index (κ1) is 23.6. The number of hydrogen-bond donors (Lipinski definition) is 2. The van der Waals surface area contributed by atoms with Crippen LogP contribution in [-0.2, 0) is 0 Å². The molecular weight excluding hydrogens is 423 g/mol. The van der Waals surface area contributed by atoms with Gasteiger partial charge in [-0.3, -0.25) is 4.79 Å². The van der Waals surface area contributed by atoms with Crippen LogP contribution in [0.5, 0.6) is 5.75 Å². The van der Waals surface area contributed by atoms with Crippen LogP contribution < -0.4 is 20.3 Å². The van der Waals surface area contributed by atoms with E-state index in [1.807, 2.05) is 25.9 Å². The summed E-state index contributed by atoms with van der Waals surface area (Å²) in [7, 11) is 3.89. The van der Waals surface area contributed by atoms with Crippen LogP contribution in [0.25, 0.3) is 0 Å². The number of anilines is 2. The topological polar surface area (TPSA) is 79.4 Å². The number of amides is 1. The van der Waals surface area contributed by atoms with Crippen molar-refractivity contribution >= 4 is 17.7 Å². The first-order valence-corrected chi connectivity index (χ1v) is 10.5. The molecule has 3 rings (SSSR count). The van der Waals surface area contributed by atoms with E-state index in [0.717, 1.165) is 49.2 Å². The predicted molar refractivity (Wildman–Crippen MR) is 116 cm³/mol. The lowest BCUT2D eigenvalue weighted by atomic mass is 9.86. The quantitative estimate of drug-likeness (QED) is 0.659. The van der Waals surface area contributed by atoms with Crippen LogP contribution >= 0.6 is 0 Å². The summed E-state index contributed by atoms with van der Waals surface area (Å²) in [6.07, 6.45) is 0.692. The molecule has 2 aromatic rings. The van der Waals surface area contributed by atoms with Crippen LogP contribution in [0.2, 0.25) is 0 Å². The van der Waals surface area contributed by atoms with Gasteiger partial charge in [-0.1, -0.05) is 6.07 Å². The largest absolute Gasteiger partial charge is 0.573 e. The number of aromatic nitrogens is 2. The van der Waals surface area contributed by atoms with E-state index in [2.05, 4.69) is 25.3 Å². The zero-order valence-corrected chi connectivity index (χ0v) is 18.4. The molecule has 1 heterocycles. The lowest BCUT2D eigenvalue weighted by Gasteiger charge is -2.29. The van der Waals surface area contributed by atoms with Crippen molar-refractivity contribution < 1.29 is 22.7 Å². The summed E-state index contributed by atoms with van der Waals surface area (Å²) >= 11 is 0. The zero-order valence-electron chi connectivity index (χ0n) is 18.4. The highest BCUT2D eigenvalue weighted by molar-refractivity contribution is 5.94. The van der Waals surface area contributed by atoms with Crippen LogP contribution in [0.4, 0.5) is 24.9 Å². The molecule has 0 saturated heterocycles. The van der Waals surface area contributed by atoms with Gasteiger partial charge in [0, 0.05) is 44.0 Å². The van der Waals surface area contributed by atoms with Crippen LogP contribution in [0.3, 0.4) is 0 Å². The highest BCUT2D eigenvalue weighted by atomic mass is 19.4. The van der Waals surface area contributed by atoms with Crippen molar-refractivity contribution in [3.63, 3.8) is 0 Å². The van der Waals surface area contributed by atoms with E-state index in [1.54, 1.807) is 6.20 Å². The average molecular weight is 451 g/mol. The SMILES string of the molecule is Cc1cnc(NC2CCC(CNC(=O)c3cccc(OC(F)(F)F)c3)CC2)nc1N(C)C. The van der Waals surface area contributed by atoms with Gasteiger partial charge in [0.25, 0.3) is 5.91 Å². The number of nitrogens with zero attached hydrogens (tertiary/aromatic N) is 3. The van der Waals surface area contributed by atoms with Crippen molar-refractivity contribution in [1.82, 2.24) is 15.3 Å². The van der Waals surface area contributed by atoms with Gasteiger partial charge < -0.3 is 20.3 Å². The minimum absolute atomic E-state index is 0.135. The number of carbonyl (C=O) groups is 1. The van der Waals surface area contributed by atoms with Gasteiger partial charge in [0.15, 0.2) is 0 Å². The van der Waals surface area contributed by atoms with Gasteiger partial charge >= 0.3 is 6.36 Å². The zero-order chi connectivity index (χ0) is 23.3. The molecule has 0 atom stereocenters. The van der Waals surface area contributed by atoms with Crippen molar-refractivity contribution in [1.29, 1.82) is 0 Å². The Hall–Kier alpha value is -3.04. The molecule has 1 fully saturated rings. The van der Waals surface area contributed by atoms with Crippen molar-refractivity contribution in [2.24, 2.45) is 5.92 Å². The van der Waals surface area contributed by atoms with Crippen LogP contribution in [0, 0.1) is 12.8 Å². The molecule has 0 unspecified atom stereocenters. The van der Waals surface area contributed by atoms with Crippen molar-refractivity contribution in [2.75, 3.05) is 30.9 Å². The standard InChI is InChI=1S/C22H28F3N5O2/c1-14-12-27-21(29-19(14)30(2)3)28-17-9-7-15(8-10-17)13-26-20(31)16-5-4-6-18(11-16)32-22(23,24)25/h4-6,11-12,15,17H,7-10,13H2,1-3H3,(H,26,31)(H,27,28,29). The maximum Gasteiger partial charge on any atom is 0.573 e. The first-order chi connectivity index (χ1) is 15.1. The fourth-order valence-electron chi connectivity index (χ4n) is 3.82. The average Bonchev–Trinajstić information content (AvgIpc) is 2.73. The summed E-state index contributed by atoms with van der Waals surface area (Å²) in [5.74, 6) is 0.970. The van der Waals surface area contributed by atoms with E-state index in [-0.39, 0.29) is 11.6 Å². The molecule has 1 aromatic heterocycles. The molecule has 1 amide bonds. The number of rotatable bonds is 7. The Labute approximate surface area is 185 Å². The number of alkyl halides is 3. The Bertz CT molecular complexity index is 928.